The molecule has 1 aliphatic heterocycles. The summed E-state index contributed by atoms with van der Waals surface area (Å²) in [5.74, 6) is 1.68. The Bertz CT molecular complexity index is 681. The summed E-state index contributed by atoms with van der Waals surface area (Å²) >= 11 is 3.50. The number of fused-ring (bicyclic) bond motifs is 1. The number of benzene rings is 2. The average molecular weight is 344 g/mol. The van der Waals surface area contributed by atoms with Crippen LogP contribution in [0.4, 0.5) is 0 Å². The molecule has 0 spiro atoms. The van der Waals surface area contributed by atoms with Gasteiger partial charge in [-0.2, -0.15) is 0 Å². The van der Waals surface area contributed by atoms with Crippen LogP contribution in [0.3, 0.4) is 0 Å². The quantitative estimate of drug-likeness (QED) is 0.845. The fourth-order valence-electron chi connectivity index (χ4n) is 3.11. The second-order valence-electron chi connectivity index (χ2n) is 6.08. The first-order valence-electron chi connectivity index (χ1n) is 7.52. The fraction of sp³-hybridized carbons (Fsp3) is 0.333. The van der Waals surface area contributed by atoms with E-state index in [9.17, 15) is 0 Å². The molecule has 0 radical (unpaired) electrons. The summed E-state index contributed by atoms with van der Waals surface area (Å²) in [6.45, 7) is 0. The van der Waals surface area contributed by atoms with Crippen LogP contribution in [0.1, 0.15) is 54.0 Å². The molecule has 1 aliphatic carbocycles. The summed E-state index contributed by atoms with van der Waals surface area (Å²) in [4.78, 5) is 0. The highest BCUT2D eigenvalue weighted by Gasteiger charge is 2.29. The summed E-state index contributed by atoms with van der Waals surface area (Å²) in [7, 11) is 0. The Kier molecular flexibility index (Phi) is 3.27. The SMILES string of the molecule is NC1CC(c2cccc(C3CC3)c2)Oc2ccc(Br)cc21. The molecule has 2 atom stereocenters. The average Bonchev–Trinajstić information content (AvgIpc) is 3.33. The van der Waals surface area contributed by atoms with E-state index in [0.29, 0.717) is 0 Å². The van der Waals surface area contributed by atoms with E-state index in [4.69, 9.17) is 10.5 Å². The first-order valence-corrected chi connectivity index (χ1v) is 8.31. The molecule has 0 saturated heterocycles. The monoisotopic (exact) mass is 343 g/mol. The maximum atomic E-state index is 6.35. The molecule has 1 saturated carbocycles. The molecule has 0 aromatic heterocycles. The predicted octanol–water partition coefficient (Wildman–Crippen LogP) is 4.85. The highest BCUT2D eigenvalue weighted by molar-refractivity contribution is 9.10. The van der Waals surface area contributed by atoms with Gasteiger partial charge in [-0.05, 0) is 48.1 Å². The van der Waals surface area contributed by atoms with E-state index >= 15 is 0 Å². The third-order valence-corrected chi connectivity index (χ3v) is 4.93. The van der Waals surface area contributed by atoms with Crippen LogP contribution >= 0.6 is 15.9 Å². The highest BCUT2D eigenvalue weighted by Crippen LogP contribution is 2.43. The third-order valence-electron chi connectivity index (χ3n) is 4.44. The molecule has 2 aromatic carbocycles. The Labute approximate surface area is 133 Å². The van der Waals surface area contributed by atoms with Crippen molar-refractivity contribution in [2.24, 2.45) is 5.73 Å². The van der Waals surface area contributed by atoms with E-state index in [1.54, 1.807) is 0 Å². The third kappa shape index (κ3) is 2.60. The molecule has 2 nitrogen and oxygen atoms in total. The molecule has 2 N–H and O–H groups in total. The smallest absolute Gasteiger partial charge is 0.126 e. The van der Waals surface area contributed by atoms with Crippen molar-refractivity contribution in [1.82, 2.24) is 0 Å². The van der Waals surface area contributed by atoms with Gasteiger partial charge in [-0.25, -0.2) is 0 Å². The molecular weight excluding hydrogens is 326 g/mol. The normalized spacial score (nSPS) is 24.3. The fourth-order valence-corrected chi connectivity index (χ4v) is 3.49. The first-order chi connectivity index (χ1) is 10.2. The lowest BCUT2D eigenvalue weighted by Gasteiger charge is -2.31. The van der Waals surface area contributed by atoms with Crippen LogP contribution in [0.5, 0.6) is 5.75 Å². The van der Waals surface area contributed by atoms with Crippen molar-refractivity contribution in [3.8, 4) is 5.75 Å². The molecule has 2 aliphatic rings. The topological polar surface area (TPSA) is 35.2 Å². The molecule has 108 valence electrons. The number of ether oxygens (including phenoxy) is 1. The van der Waals surface area contributed by atoms with Crippen LogP contribution in [0.2, 0.25) is 0 Å². The van der Waals surface area contributed by atoms with E-state index in [1.165, 1.54) is 24.0 Å². The van der Waals surface area contributed by atoms with Gasteiger partial charge in [-0.3, -0.25) is 0 Å². The number of hydrogen-bond acceptors (Lipinski definition) is 2. The van der Waals surface area contributed by atoms with Gasteiger partial charge in [-0.1, -0.05) is 40.2 Å². The molecule has 2 aromatic rings. The van der Waals surface area contributed by atoms with Crippen LogP contribution < -0.4 is 10.5 Å². The van der Waals surface area contributed by atoms with Crippen LogP contribution in [0.25, 0.3) is 0 Å². The number of rotatable bonds is 2. The van der Waals surface area contributed by atoms with Crippen molar-refractivity contribution in [3.63, 3.8) is 0 Å². The van der Waals surface area contributed by atoms with E-state index in [0.717, 1.165) is 28.1 Å². The van der Waals surface area contributed by atoms with Gasteiger partial charge in [-0.15, -0.1) is 0 Å². The molecule has 21 heavy (non-hydrogen) atoms. The van der Waals surface area contributed by atoms with Crippen molar-refractivity contribution >= 4 is 15.9 Å². The van der Waals surface area contributed by atoms with Crippen molar-refractivity contribution in [3.05, 3.63) is 63.6 Å². The molecular formula is C18H18BrNO. The molecule has 4 rings (SSSR count). The van der Waals surface area contributed by atoms with Crippen molar-refractivity contribution in [1.29, 1.82) is 0 Å². The lowest BCUT2D eigenvalue weighted by atomic mass is 9.92. The van der Waals surface area contributed by atoms with E-state index in [-0.39, 0.29) is 12.1 Å². The van der Waals surface area contributed by atoms with Gasteiger partial charge in [0.2, 0.25) is 0 Å². The van der Waals surface area contributed by atoms with Crippen LogP contribution in [0.15, 0.2) is 46.9 Å². The molecule has 2 unspecified atom stereocenters. The summed E-state index contributed by atoms with van der Waals surface area (Å²) in [6.07, 6.45) is 3.54. The van der Waals surface area contributed by atoms with Gasteiger partial charge in [0.15, 0.2) is 0 Å². The van der Waals surface area contributed by atoms with Gasteiger partial charge in [0, 0.05) is 22.5 Å². The van der Waals surface area contributed by atoms with Gasteiger partial charge in [0.25, 0.3) is 0 Å². The van der Waals surface area contributed by atoms with Crippen molar-refractivity contribution in [2.45, 2.75) is 37.3 Å². The van der Waals surface area contributed by atoms with Crippen molar-refractivity contribution < 1.29 is 4.74 Å². The van der Waals surface area contributed by atoms with Crippen LogP contribution in [-0.4, -0.2) is 0 Å². The van der Waals surface area contributed by atoms with E-state index in [1.807, 2.05) is 12.1 Å². The number of hydrogen-bond donors (Lipinski definition) is 1. The number of nitrogens with two attached hydrogens (primary N) is 1. The summed E-state index contributed by atoms with van der Waals surface area (Å²) in [5.41, 5.74) is 10.2. The Morgan fingerprint density at radius 2 is 1.86 bits per heavy atom. The largest absolute Gasteiger partial charge is 0.485 e. The van der Waals surface area contributed by atoms with Crippen LogP contribution in [-0.2, 0) is 0 Å². The number of halogens is 1. The van der Waals surface area contributed by atoms with Gasteiger partial charge in [0.05, 0.1) is 0 Å². The molecule has 0 amide bonds. The predicted molar refractivity (Wildman–Crippen MR) is 87.5 cm³/mol. The first kappa shape index (κ1) is 13.4. The Hall–Kier alpha value is -1.32. The summed E-state index contributed by atoms with van der Waals surface area (Å²) in [6, 6.07) is 15.0. The standard InChI is InChI=1S/C18H18BrNO/c19-14-6-7-17-15(9-14)16(20)10-18(21-17)13-3-1-2-12(8-13)11-4-5-11/h1-3,6-9,11,16,18H,4-5,10,20H2. The summed E-state index contributed by atoms with van der Waals surface area (Å²) in [5, 5.41) is 0. The lowest BCUT2D eigenvalue weighted by Crippen LogP contribution is -2.24. The van der Waals surface area contributed by atoms with Gasteiger partial charge >= 0.3 is 0 Å². The van der Waals surface area contributed by atoms with E-state index < -0.39 is 0 Å². The second-order valence-corrected chi connectivity index (χ2v) is 6.99. The molecule has 1 fully saturated rings. The second kappa shape index (κ2) is 5.15. The van der Waals surface area contributed by atoms with Gasteiger partial charge in [0.1, 0.15) is 11.9 Å². The Balaban J connectivity index is 1.65. The zero-order valence-corrected chi connectivity index (χ0v) is 13.3. The molecule has 0 bridgehead atoms. The lowest BCUT2D eigenvalue weighted by molar-refractivity contribution is 0.161. The zero-order chi connectivity index (χ0) is 14.4. The minimum atomic E-state index is 0.0285. The van der Waals surface area contributed by atoms with Crippen molar-refractivity contribution in [2.75, 3.05) is 0 Å². The molecule has 1 heterocycles. The van der Waals surface area contributed by atoms with Gasteiger partial charge < -0.3 is 10.5 Å². The minimum Gasteiger partial charge on any atom is -0.485 e. The Morgan fingerprint density at radius 1 is 1.05 bits per heavy atom. The van der Waals surface area contributed by atoms with Crippen LogP contribution in [0, 0.1) is 0 Å². The molecule has 3 heteroatoms. The highest BCUT2D eigenvalue weighted by atomic mass is 79.9. The van der Waals surface area contributed by atoms with E-state index in [2.05, 4.69) is 46.3 Å². The maximum absolute atomic E-state index is 6.35. The Morgan fingerprint density at radius 3 is 2.67 bits per heavy atom. The summed E-state index contributed by atoms with van der Waals surface area (Å²) < 4.78 is 7.25. The maximum Gasteiger partial charge on any atom is 0.126 e. The zero-order valence-electron chi connectivity index (χ0n) is 11.8. The minimum absolute atomic E-state index is 0.0285.